The predicted octanol–water partition coefficient (Wildman–Crippen LogP) is 2.57. The van der Waals surface area contributed by atoms with Gasteiger partial charge < -0.3 is 5.11 Å². The van der Waals surface area contributed by atoms with E-state index in [1.54, 1.807) is 25.1 Å². The van der Waals surface area contributed by atoms with Gasteiger partial charge in [0.05, 0.1) is 5.02 Å². The van der Waals surface area contributed by atoms with Gasteiger partial charge >= 0.3 is 0 Å². The quantitative estimate of drug-likeness (QED) is 0.583. The summed E-state index contributed by atoms with van der Waals surface area (Å²) in [6.07, 6.45) is 3.70. The molecule has 0 heterocycles. The molecule has 1 aromatic carbocycles. The Balaban J connectivity index is 3.12. The summed E-state index contributed by atoms with van der Waals surface area (Å²) in [6.45, 7) is 1.75. The summed E-state index contributed by atoms with van der Waals surface area (Å²) in [5, 5.41) is 9.63. The van der Waals surface area contributed by atoms with Crippen molar-refractivity contribution >= 4 is 24.0 Å². The minimum atomic E-state index is 0.0879. The van der Waals surface area contributed by atoms with Crippen LogP contribution in [0.1, 0.15) is 11.1 Å². The molecule has 0 fully saturated rings. The van der Waals surface area contributed by atoms with Crippen molar-refractivity contribution in [2.75, 3.05) is 0 Å². The highest BCUT2D eigenvalue weighted by atomic mass is 35.5. The second-order valence-corrected chi connectivity index (χ2v) is 3.07. The number of halogens is 1. The number of aldehydes is 1. The molecule has 1 N–H and O–H groups in total. The molecule has 0 saturated heterocycles. The third kappa shape index (κ3) is 2.33. The van der Waals surface area contributed by atoms with Crippen molar-refractivity contribution in [1.82, 2.24) is 0 Å². The molecule has 2 nitrogen and oxygen atoms in total. The molecule has 0 aliphatic carbocycles. The highest BCUT2D eigenvalue weighted by molar-refractivity contribution is 6.32. The normalized spacial score (nSPS) is 10.6. The van der Waals surface area contributed by atoms with Gasteiger partial charge in [-0.2, -0.15) is 0 Å². The first-order valence-corrected chi connectivity index (χ1v) is 4.14. The van der Waals surface area contributed by atoms with Crippen molar-refractivity contribution < 1.29 is 9.90 Å². The second-order valence-electron chi connectivity index (χ2n) is 2.66. The number of benzene rings is 1. The number of aromatic hydroxyl groups is 1. The lowest BCUT2D eigenvalue weighted by molar-refractivity contribution is -0.104. The number of phenols is 1. The molecule has 68 valence electrons. The number of aryl methyl sites for hydroxylation is 1. The van der Waals surface area contributed by atoms with E-state index < -0.39 is 0 Å². The van der Waals surface area contributed by atoms with Crippen LogP contribution in [-0.2, 0) is 4.79 Å². The Morgan fingerprint density at radius 3 is 2.69 bits per heavy atom. The lowest BCUT2D eigenvalue weighted by atomic mass is 10.1. The first-order valence-electron chi connectivity index (χ1n) is 3.76. The fraction of sp³-hybridized carbons (Fsp3) is 0.100. The van der Waals surface area contributed by atoms with Crippen molar-refractivity contribution in [3.8, 4) is 5.75 Å². The number of carbonyl (C=O) groups is 1. The zero-order valence-electron chi connectivity index (χ0n) is 7.12. The number of carbonyl (C=O) groups excluding carboxylic acids is 1. The predicted molar refractivity (Wildman–Crippen MR) is 53.0 cm³/mol. The summed E-state index contributed by atoms with van der Waals surface area (Å²) >= 11 is 5.73. The van der Waals surface area contributed by atoms with Crippen LogP contribution in [0, 0.1) is 6.92 Å². The Hall–Kier alpha value is -1.28. The van der Waals surface area contributed by atoms with Crippen LogP contribution in [0.2, 0.25) is 5.02 Å². The van der Waals surface area contributed by atoms with Crippen LogP contribution >= 0.6 is 11.6 Å². The Labute approximate surface area is 81.5 Å². The fourth-order valence-electron chi connectivity index (χ4n) is 1.01. The van der Waals surface area contributed by atoms with Gasteiger partial charge in [0.15, 0.2) is 0 Å². The molecule has 1 rings (SSSR count). The van der Waals surface area contributed by atoms with E-state index in [-0.39, 0.29) is 5.75 Å². The van der Waals surface area contributed by atoms with Crippen LogP contribution in [0.3, 0.4) is 0 Å². The second kappa shape index (κ2) is 4.10. The van der Waals surface area contributed by atoms with E-state index in [1.165, 1.54) is 6.08 Å². The Morgan fingerprint density at radius 1 is 1.46 bits per heavy atom. The van der Waals surface area contributed by atoms with E-state index in [9.17, 15) is 9.90 Å². The molecule has 0 saturated carbocycles. The number of hydrogen-bond acceptors (Lipinski definition) is 2. The van der Waals surface area contributed by atoms with Gasteiger partial charge in [-0.3, -0.25) is 4.79 Å². The Morgan fingerprint density at radius 2 is 2.15 bits per heavy atom. The van der Waals surface area contributed by atoms with E-state index in [0.717, 1.165) is 5.56 Å². The van der Waals surface area contributed by atoms with E-state index in [4.69, 9.17) is 11.6 Å². The van der Waals surface area contributed by atoms with Crippen LogP contribution in [0.15, 0.2) is 18.2 Å². The third-order valence-corrected chi connectivity index (χ3v) is 1.93. The molecule has 3 heteroatoms. The van der Waals surface area contributed by atoms with Crippen molar-refractivity contribution in [3.05, 3.63) is 34.4 Å². The highest BCUT2D eigenvalue weighted by Crippen LogP contribution is 2.28. The van der Waals surface area contributed by atoms with Crippen LogP contribution in [0.25, 0.3) is 6.08 Å². The van der Waals surface area contributed by atoms with Gasteiger partial charge in [0.25, 0.3) is 0 Å². The molecular weight excluding hydrogens is 188 g/mol. The van der Waals surface area contributed by atoms with Crippen LogP contribution in [0.5, 0.6) is 5.75 Å². The summed E-state index contributed by atoms with van der Waals surface area (Å²) in [7, 11) is 0. The molecule has 1 aromatic rings. The highest BCUT2D eigenvalue weighted by Gasteiger charge is 2.02. The maximum absolute atomic E-state index is 10.0. The average Bonchev–Trinajstić information content (AvgIpc) is 2.10. The monoisotopic (exact) mass is 196 g/mol. The van der Waals surface area contributed by atoms with E-state index in [1.807, 2.05) is 0 Å². The molecule has 0 atom stereocenters. The molecule has 0 unspecified atom stereocenters. The van der Waals surface area contributed by atoms with Gasteiger partial charge in [0.2, 0.25) is 0 Å². The van der Waals surface area contributed by atoms with Crippen LogP contribution in [-0.4, -0.2) is 11.4 Å². The lowest BCUT2D eigenvalue weighted by Gasteiger charge is -2.02. The van der Waals surface area contributed by atoms with E-state index >= 15 is 0 Å². The number of hydrogen-bond donors (Lipinski definition) is 1. The molecule has 0 aliphatic rings. The summed E-state index contributed by atoms with van der Waals surface area (Å²) in [4.78, 5) is 10.0. The standard InChI is InChI=1S/C10H9ClO2/c1-7-5-8(3-2-4-12)6-9(11)10(7)13/h2-6,13H,1H3. The summed E-state index contributed by atoms with van der Waals surface area (Å²) in [5.41, 5.74) is 1.49. The van der Waals surface area contributed by atoms with Crippen molar-refractivity contribution in [2.24, 2.45) is 0 Å². The van der Waals surface area contributed by atoms with Gasteiger partial charge in [0, 0.05) is 0 Å². The van der Waals surface area contributed by atoms with E-state index in [0.29, 0.717) is 16.9 Å². The van der Waals surface area contributed by atoms with Crippen molar-refractivity contribution in [2.45, 2.75) is 6.92 Å². The first-order chi connectivity index (χ1) is 6.15. The smallest absolute Gasteiger partial charge is 0.142 e. The molecule has 0 radical (unpaired) electrons. The fourth-order valence-corrected chi connectivity index (χ4v) is 1.28. The number of rotatable bonds is 2. The Kier molecular flexibility index (Phi) is 3.09. The van der Waals surface area contributed by atoms with Crippen LogP contribution < -0.4 is 0 Å². The number of allylic oxidation sites excluding steroid dienone is 1. The lowest BCUT2D eigenvalue weighted by Crippen LogP contribution is -1.79. The zero-order chi connectivity index (χ0) is 9.84. The Bertz CT molecular complexity index is 333. The summed E-state index contributed by atoms with van der Waals surface area (Å²) in [6, 6.07) is 3.35. The van der Waals surface area contributed by atoms with Gasteiger partial charge in [-0.15, -0.1) is 0 Å². The minimum Gasteiger partial charge on any atom is -0.506 e. The molecule has 13 heavy (non-hydrogen) atoms. The molecular formula is C10H9ClO2. The SMILES string of the molecule is Cc1cc(C=CC=O)cc(Cl)c1O. The molecule has 0 aliphatic heterocycles. The van der Waals surface area contributed by atoms with Crippen molar-refractivity contribution in [3.63, 3.8) is 0 Å². The number of phenolic OH excluding ortho intramolecular Hbond substituents is 1. The zero-order valence-corrected chi connectivity index (χ0v) is 7.88. The summed E-state index contributed by atoms with van der Waals surface area (Å²) in [5.74, 6) is 0.0879. The topological polar surface area (TPSA) is 37.3 Å². The van der Waals surface area contributed by atoms with Crippen LogP contribution in [0.4, 0.5) is 0 Å². The maximum atomic E-state index is 10.0. The molecule has 0 amide bonds. The third-order valence-electron chi connectivity index (χ3n) is 1.64. The largest absolute Gasteiger partial charge is 0.506 e. The molecule has 0 aromatic heterocycles. The summed E-state index contributed by atoms with van der Waals surface area (Å²) < 4.78 is 0. The maximum Gasteiger partial charge on any atom is 0.142 e. The molecule has 0 bridgehead atoms. The van der Waals surface area contributed by atoms with Crippen molar-refractivity contribution in [1.29, 1.82) is 0 Å². The average molecular weight is 197 g/mol. The van der Waals surface area contributed by atoms with Gasteiger partial charge in [-0.25, -0.2) is 0 Å². The first kappa shape index (κ1) is 9.81. The van der Waals surface area contributed by atoms with Gasteiger partial charge in [-0.1, -0.05) is 17.7 Å². The molecule has 0 spiro atoms. The minimum absolute atomic E-state index is 0.0879. The van der Waals surface area contributed by atoms with Gasteiger partial charge in [-0.05, 0) is 36.3 Å². The van der Waals surface area contributed by atoms with E-state index in [2.05, 4.69) is 0 Å². The van der Waals surface area contributed by atoms with Gasteiger partial charge in [0.1, 0.15) is 12.0 Å².